The zero-order valence-corrected chi connectivity index (χ0v) is 9.03. The van der Waals surface area contributed by atoms with E-state index in [0.29, 0.717) is 0 Å². The van der Waals surface area contributed by atoms with Crippen LogP contribution < -0.4 is 0 Å². The van der Waals surface area contributed by atoms with Crippen molar-refractivity contribution in [2.75, 3.05) is 12.9 Å². The molecule has 0 aliphatic heterocycles. The average molecular weight is 196 g/mol. The van der Waals surface area contributed by atoms with Crippen LogP contribution >= 0.6 is 11.8 Å². The summed E-state index contributed by atoms with van der Waals surface area (Å²) >= 11 is 1.78. The lowest BCUT2D eigenvalue weighted by Crippen LogP contribution is -1.90. The monoisotopic (exact) mass is 196 g/mol. The molecule has 0 aliphatic rings. The molecule has 0 unspecified atom stereocenters. The second kappa shape index (κ2) is 5.30. The van der Waals surface area contributed by atoms with E-state index in [1.54, 1.807) is 11.8 Å². The molecule has 0 spiro atoms. The molecule has 0 heterocycles. The lowest BCUT2D eigenvalue weighted by atomic mass is 10.1. The maximum absolute atomic E-state index is 8.69. The van der Waals surface area contributed by atoms with Crippen LogP contribution in [0.4, 0.5) is 0 Å². The third-order valence-electron chi connectivity index (χ3n) is 2.08. The Hall–Kier alpha value is -0.470. The first-order valence-corrected chi connectivity index (χ1v) is 5.74. The number of benzene rings is 1. The molecule has 1 nitrogen and oxygen atoms in total. The van der Waals surface area contributed by atoms with Crippen molar-refractivity contribution in [1.82, 2.24) is 0 Å². The maximum Gasteiger partial charge on any atom is 0.0434 e. The Bertz CT molecular complexity index is 271. The lowest BCUT2D eigenvalue weighted by molar-refractivity contribution is 0.288. The lowest BCUT2D eigenvalue weighted by Gasteiger charge is -2.05. The first-order chi connectivity index (χ1) is 6.27. The van der Waals surface area contributed by atoms with Gasteiger partial charge in [0.2, 0.25) is 0 Å². The molecule has 1 aromatic rings. The van der Waals surface area contributed by atoms with Gasteiger partial charge in [-0.3, -0.25) is 0 Å². The quantitative estimate of drug-likeness (QED) is 0.747. The Morgan fingerprint density at radius 1 is 1.38 bits per heavy atom. The number of hydrogen-bond donors (Lipinski definition) is 1. The molecule has 0 radical (unpaired) electrons. The van der Waals surface area contributed by atoms with Gasteiger partial charge in [-0.15, -0.1) is 11.8 Å². The van der Waals surface area contributed by atoms with E-state index in [4.69, 9.17) is 5.11 Å². The molecule has 0 atom stereocenters. The van der Waals surface area contributed by atoms with Crippen molar-refractivity contribution >= 4 is 11.8 Å². The predicted octanol–water partition coefficient (Wildman–Crippen LogP) is 2.64. The van der Waals surface area contributed by atoms with Gasteiger partial charge in [0, 0.05) is 11.5 Å². The molecule has 0 aromatic heterocycles. The van der Waals surface area contributed by atoms with Crippen molar-refractivity contribution in [3.05, 3.63) is 29.3 Å². The highest BCUT2D eigenvalue weighted by atomic mass is 32.2. The highest BCUT2D eigenvalue weighted by Crippen LogP contribution is 2.21. The molecule has 0 fully saturated rings. The minimum atomic E-state index is 0.281. The van der Waals surface area contributed by atoms with Gasteiger partial charge in [0.1, 0.15) is 0 Å². The van der Waals surface area contributed by atoms with E-state index in [1.165, 1.54) is 16.0 Å². The van der Waals surface area contributed by atoms with Crippen LogP contribution in [0, 0.1) is 6.92 Å². The summed E-state index contributed by atoms with van der Waals surface area (Å²) in [5.41, 5.74) is 2.66. The standard InChI is InChI=1S/C11H16OS/c1-9-8-10(4-3-7-12)5-6-11(9)13-2/h5-6,8,12H,3-4,7H2,1-2H3. The van der Waals surface area contributed by atoms with Crippen molar-refractivity contribution in [3.63, 3.8) is 0 Å². The summed E-state index contributed by atoms with van der Waals surface area (Å²) in [6.07, 6.45) is 3.93. The number of aliphatic hydroxyl groups is 1. The van der Waals surface area contributed by atoms with E-state index >= 15 is 0 Å². The molecule has 1 N–H and O–H groups in total. The van der Waals surface area contributed by atoms with Crippen LogP contribution in [0.2, 0.25) is 0 Å². The summed E-state index contributed by atoms with van der Waals surface area (Å²) in [7, 11) is 0. The minimum Gasteiger partial charge on any atom is -0.396 e. The Kier molecular flexibility index (Phi) is 4.33. The van der Waals surface area contributed by atoms with Crippen LogP contribution in [0.25, 0.3) is 0 Å². The van der Waals surface area contributed by atoms with Crippen molar-refractivity contribution in [2.24, 2.45) is 0 Å². The van der Waals surface area contributed by atoms with Crippen molar-refractivity contribution in [2.45, 2.75) is 24.7 Å². The van der Waals surface area contributed by atoms with Gasteiger partial charge in [-0.2, -0.15) is 0 Å². The van der Waals surface area contributed by atoms with Gasteiger partial charge >= 0.3 is 0 Å². The summed E-state index contributed by atoms with van der Waals surface area (Å²) < 4.78 is 0. The van der Waals surface area contributed by atoms with Gasteiger partial charge in [-0.25, -0.2) is 0 Å². The van der Waals surface area contributed by atoms with Crippen LogP contribution in [0.5, 0.6) is 0 Å². The van der Waals surface area contributed by atoms with Crippen molar-refractivity contribution in [1.29, 1.82) is 0 Å². The predicted molar refractivity (Wildman–Crippen MR) is 58.4 cm³/mol. The van der Waals surface area contributed by atoms with E-state index < -0.39 is 0 Å². The van der Waals surface area contributed by atoms with Gasteiger partial charge in [0.25, 0.3) is 0 Å². The summed E-state index contributed by atoms with van der Waals surface area (Å²) in [6, 6.07) is 6.52. The molecule has 1 aromatic carbocycles. The van der Waals surface area contributed by atoms with Crippen LogP contribution in [-0.2, 0) is 6.42 Å². The number of aryl methyl sites for hydroxylation is 2. The minimum absolute atomic E-state index is 0.281. The second-order valence-corrected chi connectivity index (χ2v) is 3.98. The number of rotatable bonds is 4. The summed E-state index contributed by atoms with van der Waals surface area (Å²) in [4.78, 5) is 1.34. The molecular formula is C11H16OS. The SMILES string of the molecule is CSc1ccc(CCCO)cc1C. The molecular weight excluding hydrogens is 180 g/mol. The van der Waals surface area contributed by atoms with E-state index in [0.717, 1.165) is 12.8 Å². The zero-order chi connectivity index (χ0) is 9.68. The van der Waals surface area contributed by atoms with Gasteiger partial charge in [-0.1, -0.05) is 12.1 Å². The second-order valence-electron chi connectivity index (χ2n) is 3.13. The van der Waals surface area contributed by atoms with Crippen LogP contribution in [0.3, 0.4) is 0 Å². The summed E-state index contributed by atoms with van der Waals surface area (Å²) in [6.45, 7) is 2.41. The molecule has 0 bridgehead atoms. The molecule has 0 aliphatic carbocycles. The fourth-order valence-electron chi connectivity index (χ4n) is 1.38. The smallest absolute Gasteiger partial charge is 0.0434 e. The fraction of sp³-hybridized carbons (Fsp3) is 0.455. The fourth-order valence-corrected chi connectivity index (χ4v) is 1.96. The van der Waals surface area contributed by atoms with Gasteiger partial charge in [-0.05, 0) is 43.2 Å². The molecule has 13 heavy (non-hydrogen) atoms. The largest absolute Gasteiger partial charge is 0.396 e. The topological polar surface area (TPSA) is 20.2 Å². The zero-order valence-electron chi connectivity index (χ0n) is 8.21. The van der Waals surface area contributed by atoms with Crippen molar-refractivity contribution < 1.29 is 5.11 Å². The molecule has 1 rings (SSSR count). The van der Waals surface area contributed by atoms with E-state index in [9.17, 15) is 0 Å². The summed E-state index contributed by atoms with van der Waals surface area (Å²) in [5, 5.41) is 8.69. The maximum atomic E-state index is 8.69. The van der Waals surface area contributed by atoms with Gasteiger partial charge in [0.05, 0.1) is 0 Å². The average Bonchev–Trinajstić information content (AvgIpc) is 2.15. The van der Waals surface area contributed by atoms with E-state index in [1.807, 2.05) is 0 Å². The Morgan fingerprint density at radius 2 is 2.15 bits per heavy atom. The van der Waals surface area contributed by atoms with Crippen molar-refractivity contribution in [3.8, 4) is 0 Å². The highest BCUT2D eigenvalue weighted by Gasteiger charge is 1.98. The summed E-state index contributed by atoms with van der Waals surface area (Å²) in [5.74, 6) is 0. The Balaban J connectivity index is 2.71. The van der Waals surface area contributed by atoms with Gasteiger partial charge in [0.15, 0.2) is 0 Å². The molecule has 72 valence electrons. The number of aliphatic hydroxyl groups excluding tert-OH is 1. The number of hydrogen-bond acceptors (Lipinski definition) is 2. The third kappa shape index (κ3) is 3.05. The highest BCUT2D eigenvalue weighted by molar-refractivity contribution is 7.98. The van der Waals surface area contributed by atoms with Crippen LogP contribution in [0.1, 0.15) is 17.5 Å². The Labute approximate surface area is 84.2 Å². The Morgan fingerprint density at radius 3 is 2.69 bits per heavy atom. The normalized spacial score (nSPS) is 10.4. The van der Waals surface area contributed by atoms with Crippen LogP contribution in [0.15, 0.2) is 23.1 Å². The third-order valence-corrected chi connectivity index (χ3v) is 2.98. The van der Waals surface area contributed by atoms with E-state index in [2.05, 4.69) is 31.4 Å². The van der Waals surface area contributed by atoms with Gasteiger partial charge < -0.3 is 5.11 Å². The van der Waals surface area contributed by atoms with Crippen LogP contribution in [-0.4, -0.2) is 18.0 Å². The number of thioether (sulfide) groups is 1. The molecule has 0 saturated carbocycles. The molecule has 0 amide bonds. The van der Waals surface area contributed by atoms with E-state index in [-0.39, 0.29) is 6.61 Å². The first kappa shape index (κ1) is 10.6. The first-order valence-electron chi connectivity index (χ1n) is 4.52. The molecule has 0 saturated heterocycles. The molecule has 2 heteroatoms.